The van der Waals surface area contributed by atoms with Crippen molar-refractivity contribution >= 4 is 26.2 Å². The lowest BCUT2D eigenvalue weighted by Crippen LogP contribution is -2.66. The van der Waals surface area contributed by atoms with E-state index in [9.17, 15) is 14.4 Å². The molecule has 0 radical (unpaired) electrons. The zero-order chi connectivity index (χ0) is 38.1. The summed E-state index contributed by atoms with van der Waals surface area (Å²) in [5.74, 6) is -0.142. The molecule has 51 heavy (non-hydrogen) atoms. The normalized spacial score (nSPS) is 40.4. The molecule has 0 amide bonds. The van der Waals surface area contributed by atoms with Gasteiger partial charge in [-0.2, -0.15) is 0 Å². The molecular weight excluding hydrogens is 657 g/mol. The van der Waals surface area contributed by atoms with Gasteiger partial charge in [-0.15, -0.1) is 0 Å². The average Bonchev–Trinajstić information content (AvgIpc) is 3.01. The molecule has 1 N–H and O–H groups in total. The molecule has 0 aromatic heterocycles. The number of fused-ring (bicyclic) bond motifs is 7. The highest BCUT2D eigenvalue weighted by Gasteiger charge is 2.70. The fraction of sp³-hybridized carbons (Fsp3) is 0.884. The number of esters is 2. The number of carboxylic acid groups (broad SMARTS) is 1. The Morgan fingerprint density at radius 1 is 0.902 bits per heavy atom. The van der Waals surface area contributed by atoms with Gasteiger partial charge in [0, 0.05) is 24.9 Å². The van der Waals surface area contributed by atoms with E-state index in [1.54, 1.807) is 5.57 Å². The molecule has 0 spiro atoms. The highest BCUT2D eigenvalue weighted by Crippen LogP contribution is 2.76. The van der Waals surface area contributed by atoms with Crippen LogP contribution in [0.2, 0.25) is 18.1 Å². The summed E-state index contributed by atoms with van der Waals surface area (Å²) in [5, 5.41) is 9.21. The molecule has 3 unspecified atom stereocenters. The van der Waals surface area contributed by atoms with E-state index in [-0.39, 0.29) is 68.9 Å². The Hall–Kier alpha value is -1.67. The van der Waals surface area contributed by atoms with Crippen LogP contribution in [-0.4, -0.2) is 50.6 Å². The van der Waals surface area contributed by atoms with Gasteiger partial charge >= 0.3 is 17.9 Å². The highest BCUT2D eigenvalue weighted by molar-refractivity contribution is 6.74. The number of ether oxygens (including phenoxy) is 2. The van der Waals surface area contributed by atoms with Crippen molar-refractivity contribution in [3.8, 4) is 0 Å². The van der Waals surface area contributed by atoms with Crippen molar-refractivity contribution in [2.75, 3.05) is 13.2 Å². The second-order valence-corrected chi connectivity index (χ2v) is 25.7. The van der Waals surface area contributed by atoms with Gasteiger partial charge in [0.05, 0.1) is 12.0 Å². The Kier molecular flexibility index (Phi) is 10.8. The van der Waals surface area contributed by atoms with Crippen LogP contribution in [0.4, 0.5) is 0 Å². The highest BCUT2D eigenvalue weighted by atomic mass is 28.4. The molecule has 4 saturated carbocycles. The molecule has 0 aromatic carbocycles. The monoisotopic (exact) mass is 729 g/mol. The average molecular weight is 729 g/mol. The molecule has 0 aromatic rings. The van der Waals surface area contributed by atoms with E-state index < -0.39 is 19.7 Å². The molecule has 9 atom stereocenters. The van der Waals surface area contributed by atoms with Gasteiger partial charge in [0.25, 0.3) is 0 Å². The molecule has 4 fully saturated rings. The molecule has 7 nitrogen and oxygen atoms in total. The summed E-state index contributed by atoms with van der Waals surface area (Å²) in [6.07, 6.45) is 12.6. The van der Waals surface area contributed by atoms with Crippen LogP contribution in [-0.2, 0) is 28.3 Å². The summed E-state index contributed by atoms with van der Waals surface area (Å²) in [6, 6.07) is 0. The van der Waals surface area contributed by atoms with Gasteiger partial charge in [-0.1, -0.05) is 74.0 Å². The van der Waals surface area contributed by atoms with Crippen molar-refractivity contribution in [3.63, 3.8) is 0 Å². The van der Waals surface area contributed by atoms with E-state index in [4.69, 9.17) is 19.0 Å². The van der Waals surface area contributed by atoms with E-state index in [0.29, 0.717) is 31.5 Å². The summed E-state index contributed by atoms with van der Waals surface area (Å²) in [5.41, 5.74) is 1.06. The van der Waals surface area contributed by atoms with Crippen LogP contribution in [0.25, 0.3) is 0 Å². The van der Waals surface area contributed by atoms with Crippen molar-refractivity contribution in [1.82, 2.24) is 0 Å². The number of hydrogen-bond donors (Lipinski definition) is 1. The van der Waals surface area contributed by atoms with Gasteiger partial charge in [-0.05, 0) is 135 Å². The number of carboxylic acids is 1. The largest absolute Gasteiger partial charge is 0.481 e. The maximum absolute atomic E-state index is 13.9. The molecule has 5 rings (SSSR count). The first-order valence-electron chi connectivity index (χ1n) is 20.4. The Morgan fingerprint density at radius 2 is 1.57 bits per heavy atom. The predicted molar refractivity (Wildman–Crippen MR) is 205 cm³/mol. The zero-order valence-electron chi connectivity index (χ0n) is 34.4. The summed E-state index contributed by atoms with van der Waals surface area (Å²) in [4.78, 5) is 38.3. The van der Waals surface area contributed by atoms with Crippen LogP contribution < -0.4 is 0 Å². The Balaban J connectivity index is 1.51. The molecular formula is C43H72O7Si. The predicted octanol–water partition coefficient (Wildman–Crippen LogP) is 10.5. The molecule has 5 aliphatic rings. The van der Waals surface area contributed by atoms with E-state index in [2.05, 4.69) is 81.5 Å². The Bertz CT molecular complexity index is 1390. The maximum Gasteiger partial charge on any atom is 0.312 e. The fourth-order valence-electron chi connectivity index (χ4n) is 12.2. The van der Waals surface area contributed by atoms with Gasteiger partial charge in [0.1, 0.15) is 6.10 Å². The molecule has 5 aliphatic carbocycles. The van der Waals surface area contributed by atoms with Crippen LogP contribution >= 0.6 is 0 Å². The van der Waals surface area contributed by atoms with Crippen molar-refractivity contribution in [2.24, 2.45) is 50.2 Å². The van der Waals surface area contributed by atoms with Gasteiger partial charge in [-0.25, -0.2) is 0 Å². The fourth-order valence-corrected chi connectivity index (χ4v) is 13.3. The molecule has 0 bridgehead atoms. The second-order valence-electron chi connectivity index (χ2n) is 20.9. The quantitative estimate of drug-likeness (QED) is 0.136. The van der Waals surface area contributed by atoms with Crippen molar-refractivity contribution in [1.29, 1.82) is 0 Å². The molecule has 290 valence electrons. The second kappa shape index (κ2) is 13.6. The van der Waals surface area contributed by atoms with Gasteiger partial charge in [-0.3, -0.25) is 14.4 Å². The molecule has 0 heterocycles. The van der Waals surface area contributed by atoms with Crippen LogP contribution in [0.1, 0.15) is 153 Å². The van der Waals surface area contributed by atoms with Crippen molar-refractivity contribution in [3.05, 3.63) is 11.6 Å². The zero-order valence-corrected chi connectivity index (χ0v) is 35.4. The number of aliphatic carboxylic acids is 1. The number of carbonyl (C=O) groups is 3. The van der Waals surface area contributed by atoms with Crippen LogP contribution in [0.15, 0.2) is 11.6 Å². The lowest BCUT2D eigenvalue weighted by atomic mass is 9.33. The first-order chi connectivity index (χ1) is 23.4. The SMILES string of the molecule is CCOC(=O)[C@]12CCC(C)(C)CC1C1=CCC3[C@@]4(C)CC[C@H](OC(=O)CCCC(=O)O)[C@@](C)(CO[Si](C)(C)C(C)(C)C)C4CC[C@@]3(C)[C@]1(C)CC2. The topological polar surface area (TPSA) is 99.1 Å². The first-order valence-corrected chi connectivity index (χ1v) is 23.3. The summed E-state index contributed by atoms with van der Waals surface area (Å²) >= 11 is 0. The maximum atomic E-state index is 13.9. The minimum Gasteiger partial charge on any atom is -0.481 e. The molecule has 0 aliphatic heterocycles. The van der Waals surface area contributed by atoms with E-state index >= 15 is 0 Å². The van der Waals surface area contributed by atoms with Gasteiger partial charge < -0.3 is 19.0 Å². The molecule has 8 heteroatoms. The minimum absolute atomic E-state index is 0.000522. The summed E-state index contributed by atoms with van der Waals surface area (Å²) in [7, 11) is -2.11. The summed E-state index contributed by atoms with van der Waals surface area (Å²) in [6.45, 7) is 29.2. The Labute approximate surface area is 310 Å². The third-order valence-electron chi connectivity index (χ3n) is 16.7. The molecule has 0 saturated heterocycles. The third kappa shape index (κ3) is 6.71. The number of hydrogen-bond acceptors (Lipinski definition) is 6. The standard InChI is InChI=1S/C43H72O7Si/c1-13-48-36(47)43-25-23-38(5,6)27-30(43)29-17-18-32-39(7)21-20-33(50-35(46)16-14-15-34(44)45)40(8,28-49-51(11,12)37(2,3)4)31(39)19-22-42(32,10)41(29,9)24-26-43/h17,30-33H,13-16,18-28H2,1-12H3,(H,44,45)/t30?,31?,32?,33-,39-,40-,41+,42+,43-/m0/s1. The van der Waals surface area contributed by atoms with Gasteiger partial charge in [0.15, 0.2) is 8.32 Å². The number of allylic oxidation sites excluding steroid dienone is 2. The van der Waals surface area contributed by atoms with Gasteiger partial charge in [0.2, 0.25) is 0 Å². The summed E-state index contributed by atoms with van der Waals surface area (Å²) < 4.78 is 19.3. The smallest absolute Gasteiger partial charge is 0.312 e. The van der Waals surface area contributed by atoms with Crippen molar-refractivity contribution < 1.29 is 33.4 Å². The number of rotatable bonds is 10. The van der Waals surface area contributed by atoms with E-state index in [1.165, 1.54) is 0 Å². The first kappa shape index (κ1) is 40.5. The van der Waals surface area contributed by atoms with Crippen molar-refractivity contribution in [2.45, 2.75) is 177 Å². The third-order valence-corrected chi connectivity index (χ3v) is 21.1. The Morgan fingerprint density at radius 3 is 2.20 bits per heavy atom. The minimum atomic E-state index is -2.11. The van der Waals surface area contributed by atoms with E-state index in [1.807, 2.05) is 6.92 Å². The van der Waals surface area contributed by atoms with Crippen LogP contribution in [0.3, 0.4) is 0 Å². The van der Waals surface area contributed by atoms with E-state index in [0.717, 1.165) is 64.2 Å². The number of carbonyl (C=O) groups excluding carboxylic acids is 2. The van der Waals surface area contributed by atoms with Crippen LogP contribution in [0.5, 0.6) is 0 Å². The lowest BCUT2D eigenvalue weighted by Gasteiger charge is -2.71. The van der Waals surface area contributed by atoms with Crippen LogP contribution in [0, 0.1) is 50.2 Å². The lowest BCUT2D eigenvalue weighted by molar-refractivity contribution is -0.223.